The lowest BCUT2D eigenvalue weighted by atomic mass is 9.97. The summed E-state index contributed by atoms with van der Waals surface area (Å²) in [6, 6.07) is 9.50. The van der Waals surface area contributed by atoms with Gasteiger partial charge in [0.15, 0.2) is 0 Å². The molecule has 2 atom stereocenters. The van der Waals surface area contributed by atoms with Crippen LogP contribution in [-0.4, -0.2) is 24.5 Å². The quantitative estimate of drug-likeness (QED) is 0.813. The lowest BCUT2D eigenvalue weighted by Gasteiger charge is -2.30. The van der Waals surface area contributed by atoms with Gasteiger partial charge < -0.3 is 5.73 Å². The van der Waals surface area contributed by atoms with Crippen LogP contribution in [0.25, 0.3) is 0 Å². The molecule has 0 aliphatic rings. The Morgan fingerprint density at radius 1 is 1.11 bits per heavy atom. The van der Waals surface area contributed by atoms with Crippen LogP contribution in [-0.2, 0) is 6.54 Å². The first-order valence-corrected chi connectivity index (χ1v) is 7.48. The molecule has 0 aliphatic heterocycles. The standard InChI is InChI=1S/C17H30N2/c1-6-14(4)16-9-7-15(8-10-16)12-19(5)17(11-18)13(2)3/h7-10,13-14,17H,6,11-12,18H2,1-5H3. The van der Waals surface area contributed by atoms with Gasteiger partial charge in [0.05, 0.1) is 0 Å². The Kier molecular flexibility index (Phi) is 6.53. The summed E-state index contributed by atoms with van der Waals surface area (Å²) in [5.41, 5.74) is 8.68. The van der Waals surface area contributed by atoms with Crippen LogP contribution in [0.3, 0.4) is 0 Å². The summed E-state index contributed by atoms with van der Waals surface area (Å²) < 4.78 is 0. The Morgan fingerprint density at radius 2 is 1.68 bits per heavy atom. The van der Waals surface area contributed by atoms with E-state index >= 15 is 0 Å². The predicted octanol–water partition coefficient (Wildman–Crippen LogP) is 3.62. The van der Waals surface area contributed by atoms with Crippen LogP contribution >= 0.6 is 0 Å². The highest BCUT2D eigenvalue weighted by molar-refractivity contribution is 5.25. The summed E-state index contributed by atoms with van der Waals surface area (Å²) in [6.07, 6.45) is 1.20. The largest absolute Gasteiger partial charge is 0.329 e. The lowest BCUT2D eigenvalue weighted by molar-refractivity contribution is 0.190. The van der Waals surface area contributed by atoms with Gasteiger partial charge in [-0.05, 0) is 36.4 Å². The van der Waals surface area contributed by atoms with Crippen molar-refractivity contribution in [2.75, 3.05) is 13.6 Å². The van der Waals surface area contributed by atoms with E-state index in [9.17, 15) is 0 Å². The number of hydrogen-bond donors (Lipinski definition) is 1. The molecule has 0 radical (unpaired) electrons. The van der Waals surface area contributed by atoms with Gasteiger partial charge in [-0.1, -0.05) is 52.0 Å². The van der Waals surface area contributed by atoms with Crippen LogP contribution < -0.4 is 5.73 Å². The normalized spacial score (nSPS) is 14.9. The molecule has 0 heterocycles. The molecule has 2 heteroatoms. The molecule has 19 heavy (non-hydrogen) atoms. The summed E-state index contributed by atoms with van der Waals surface area (Å²) in [7, 11) is 2.17. The first-order chi connectivity index (χ1) is 8.99. The molecule has 0 bridgehead atoms. The maximum Gasteiger partial charge on any atom is 0.0241 e. The highest BCUT2D eigenvalue weighted by Gasteiger charge is 2.16. The first-order valence-electron chi connectivity index (χ1n) is 7.48. The minimum atomic E-state index is 0.453. The predicted molar refractivity (Wildman–Crippen MR) is 84.3 cm³/mol. The van der Waals surface area contributed by atoms with Crippen molar-refractivity contribution in [1.82, 2.24) is 4.90 Å². The van der Waals surface area contributed by atoms with Gasteiger partial charge in [0.1, 0.15) is 0 Å². The third kappa shape index (κ3) is 4.63. The smallest absolute Gasteiger partial charge is 0.0241 e. The minimum absolute atomic E-state index is 0.453. The average molecular weight is 262 g/mol. The van der Waals surface area contributed by atoms with E-state index in [1.54, 1.807) is 0 Å². The molecule has 1 aromatic carbocycles. The second kappa shape index (κ2) is 7.66. The summed E-state index contributed by atoms with van der Waals surface area (Å²) >= 11 is 0. The van der Waals surface area contributed by atoms with Gasteiger partial charge in [0.25, 0.3) is 0 Å². The molecule has 0 aromatic heterocycles. The molecule has 108 valence electrons. The molecule has 1 rings (SSSR count). The van der Waals surface area contributed by atoms with Crippen LogP contribution in [0.4, 0.5) is 0 Å². The zero-order chi connectivity index (χ0) is 14.4. The molecule has 1 aromatic rings. The fraction of sp³-hybridized carbons (Fsp3) is 0.647. The molecule has 2 N–H and O–H groups in total. The second-order valence-electron chi connectivity index (χ2n) is 6.01. The Labute approximate surface area is 119 Å². The van der Waals surface area contributed by atoms with E-state index in [-0.39, 0.29) is 0 Å². The van der Waals surface area contributed by atoms with Crippen LogP contribution in [0.5, 0.6) is 0 Å². The fourth-order valence-corrected chi connectivity index (χ4v) is 2.55. The number of benzene rings is 1. The van der Waals surface area contributed by atoms with Crippen LogP contribution in [0.1, 0.15) is 51.2 Å². The Morgan fingerprint density at radius 3 is 2.11 bits per heavy atom. The Bertz CT molecular complexity index is 356. The van der Waals surface area contributed by atoms with Crippen molar-refractivity contribution in [2.45, 2.75) is 52.6 Å². The van der Waals surface area contributed by atoms with E-state index in [0.29, 0.717) is 17.9 Å². The van der Waals surface area contributed by atoms with Crippen molar-refractivity contribution < 1.29 is 0 Å². The SMILES string of the molecule is CCC(C)c1ccc(CN(C)C(CN)C(C)C)cc1. The van der Waals surface area contributed by atoms with Crippen LogP contribution in [0, 0.1) is 5.92 Å². The van der Waals surface area contributed by atoms with Crippen molar-refractivity contribution in [3.05, 3.63) is 35.4 Å². The molecule has 0 amide bonds. The fourth-order valence-electron chi connectivity index (χ4n) is 2.55. The maximum absolute atomic E-state index is 5.87. The molecule has 0 saturated heterocycles. The van der Waals surface area contributed by atoms with Gasteiger partial charge >= 0.3 is 0 Å². The van der Waals surface area contributed by atoms with E-state index in [1.807, 2.05) is 0 Å². The van der Waals surface area contributed by atoms with Crippen molar-refractivity contribution in [3.63, 3.8) is 0 Å². The Hall–Kier alpha value is -0.860. The third-order valence-corrected chi connectivity index (χ3v) is 4.17. The van der Waals surface area contributed by atoms with E-state index in [1.165, 1.54) is 17.5 Å². The van der Waals surface area contributed by atoms with Gasteiger partial charge in [0, 0.05) is 19.1 Å². The van der Waals surface area contributed by atoms with Gasteiger partial charge in [-0.3, -0.25) is 4.90 Å². The number of rotatable bonds is 7. The third-order valence-electron chi connectivity index (χ3n) is 4.17. The first kappa shape index (κ1) is 16.2. The topological polar surface area (TPSA) is 29.3 Å². The number of nitrogens with zero attached hydrogens (tertiary/aromatic N) is 1. The summed E-state index contributed by atoms with van der Waals surface area (Å²) in [5.74, 6) is 1.24. The van der Waals surface area contributed by atoms with Gasteiger partial charge in [-0.15, -0.1) is 0 Å². The van der Waals surface area contributed by atoms with Crippen molar-refractivity contribution in [3.8, 4) is 0 Å². The number of hydrogen-bond acceptors (Lipinski definition) is 2. The van der Waals surface area contributed by atoms with E-state index in [0.717, 1.165) is 13.1 Å². The molecule has 0 fully saturated rings. The lowest BCUT2D eigenvalue weighted by Crippen LogP contribution is -2.41. The van der Waals surface area contributed by atoms with Crippen molar-refractivity contribution in [2.24, 2.45) is 11.7 Å². The number of likely N-dealkylation sites (N-methyl/N-ethyl adjacent to an activating group) is 1. The number of nitrogens with two attached hydrogens (primary N) is 1. The highest BCUT2D eigenvalue weighted by Crippen LogP contribution is 2.20. The monoisotopic (exact) mass is 262 g/mol. The summed E-state index contributed by atoms with van der Waals surface area (Å²) in [5, 5.41) is 0. The zero-order valence-electron chi connectivity index (χ0n) is 13.2. The molecule has 0 saturated carbocycles. The molecule has 0 spiro atoms. The van der Waals surface area contributed by atoms with E-state index in [4.69, 9.17) is 5.73 Å². The van der Waals surface area contributed by atoms with Gasteiger partial charge in [-0.25, -0.2) is 0 Å². The summed E-state index contributed by atoms with van der Waals surface area (Å²) in [6.45, 7) is 10.7. The zero-order valence-corrected chi connectivity index (χ0v) is 13.2. The molecule has 2 nitrogen and oxygen atoms in total. The maximum atomic E-state index is 5.87. The van der Waals surface area contributed by atoms with Crippen molar-refractivity contribution >= 4 is 0 Å². The summed E-state index contributed by atoms with van der Waals surface area (Å²) in [4.78, 5) is 2.36. The van der Waals surface area contributed by atoms with Gasteiger partial charge in [-0.2, -0.15) is 0 Å². The van der Waals surface area contributed by atoms with Crippen molar-refractivity contribution in [1.29, 1.82) is 0 Å². The van der Waals surface area contributed by atoms with Crippen LogP contribution in [0.2, 0.25) is 0 Å². The minimum Gasteiger partial charge on any atom is -0.329 e. The van der Waals surface area contributed by atoms with E-state index < -0.39 is 0 Å². The Balaban J connectivity index is 2.67. The molecular weight excluding hydrogens is 232 g/mol. The molecule has 0 aliphatic carbocycles. The van der Waals surface area contributed by atoms with Gasteiger partial charge in [0.2, 0.25) is 0 Å². The second-order valence-corrected chi connectivity index (χ2v) is 6.01. The molecular formula is C17H30N2. The van der Waals surface area contributed by atoms with E-state index in [2.05, 4.69) is 63.9 Å². The average Bonchev–Trinajstić information content (AvgIpc) is 2.39. The van der Waals surface area contributed by atoms with Crippen LogP contribution in [0.15, 0.2) is 24.3 Å². The molecule has 2 unspecified atom stereocenters. The highest BCUT2D eigenvalue weighted by atomic mass is 15.1.